The number of nitrogens with one attached hydrogen (secondary N) is 1. The van der Waals surface area contributed by atoms with Crippen molar-refractivity contribution in [2.45, 2.75) is 38.6 Å². The SMILES string of the molecule is CC[C@@H](CC#N)NC(=O)C1=COCCC1. The van der Waals surface area contributed by atoms with Gasteiger partial charge >= 0.3 is 0 Å². The molecule has 82 valence electrons. The molecule has 0 radical (unpaired) electrons. The van der Waals surface area contributed by atoms with Gasteiger partial charge in [0.1, 0.15) is 0 Å². The largest absolute Gasteiger partial charge is 0.501 e. The number of nitriles is 1. The zero-order valence-electron chi connectivity index (χ0n) is 8.95. The highest BCUT2D eigenvalue weighted by atomic mass is 16.5. The van der Waals surface area contributed by atoms with Crippen LogP contribution in [0.25, 0.3) is 0 Å². The van der Waals surface area contributed by atoms with Gasteiger partial charge in [-0.15, -0.1) is 0 Å². The molecule has 1 N–H and O–H groups in total. The molecule has 1 amide bonds. The Hall–Kier alpha value is -1.50. The lowest BCUT2D eigenvalue weighted by molar-refractivity contribution is -0.118. The molecule has 0 aromatic heterocycles. The normalized spacial score (nSPS) is 16.9. The lowest BCUT2D eigenvalue weighted by atomic mass is 10.1. The van der Waals surface area contributed by atoms with Crippen LogP contribution >= 0.6 is 0 Å². The number of nitrogens with zero attached hydrogens (tertiary/aromatic N) is 1. The second kappa shape index (κ2) is 6.07. The first-order valence-corrected chi connectivity index (χ1v) is 5.26. The van der Waals surface area contributed by atoms with E-state index in [2.05, 4.69) is 11.4 Å². The summed E-state index contributed by atoms with van der Waals surface area (Å²) in [5, 5.41) is 11.4. The third-order valence-corrected chi connectivity index (χ3v) is 2.39. The second-order valence-corrected chi connectivity index (χ2v) is 3.56. The first-order valence-electron chi connectivity index (χ1n) is 5.26. The van der Waals surface area contributed by atoms with Gasteiger partial charge < -0.3 is 10.1 Å². The Morgan fingerprint density at radius 1 is 1.80 bits per heavy atom. The van der Waals surface area contributed by atoms with E-state index in [0.29, 0.717) is 18.6 Å². The van der Waals surface area contributed by atoms with Crippen LogP contribution in [0.5, 0.6) is 0 Å². The van der Waals surface area contributed by atoms with Crippen LogP contribution in [-0.2, 0) is 9.53 Å². The number of carbonyl (C=O) groups is 1. The van der Waals surface area contributed by atoms with E-state index in [9.17, 15) is 4.79 Å². The van der Waals surface area contributed by atoms with Crippen molar-refractivity contribution in [3.63, 3.8) is 0 Å². The van der Waals surface area contributed by atoms with Gasteiger partial charge in [0, 0.05) is 6.04 Å². The van der Waals surface area contributed by atoms with Gasteiger partial charge in [0.2, 0.25) is 0 Å². The summed E-state index contributed by atoms with van der Waals surface area (Å²) in [4.78, 5) is 11.7. The fraction of sp³-hybridized carbons (Fsp3) is 0.636. The number of ether oxygens (including phenoxy) is 1. The van der Waals surface area contributed by atoms with E-state index in [-0.39, 0.29) is 11.9 Å². The van der Waals surface area contributed by atoms with Gasteiger partial charge in [-0.3, -0.25) is 4.79 Å². The fourth-order valence-electron chi connectivity index (χ4n) is 1.42. The number of hydrogen-bond acceptors (Lipinski definition) is 3. The lowest BCUT2D eigenvalue weighted by Gasteiger charge is -2.17. The number of rotatable bonds is 4. The Labute approximate surface area is 89.9 Å². The third kappa shape index (κ3) is 3.62. The Morgan fingerprint density at radius 3 is 3.13 bits per heavy atom. The molecular weight excluding hydrogens is 192 g/mol. The molecule has 1 aliphatic rings. The van der Waals surface area contributed by atoms with Crippen LogP contribution in [-0.4, -0.2) is 18.6 Å². The van der Waals surface area contributed by atoms with E-state index in [4.69, 9.17) is 10.00 Å². The van der Waals surface area contributed by atoms with Crippen molar-refractivity contribution < 1.29 is 9.53 Å². The molecule has 1 rings (SSSR count). The minimum absolute atomic E-state index is 0.0506. The number of carbonyl (C=O) groups excluding carboxylic acids is 1. The van der Waals surface area contributed by atoms with Gasteiger partial charge in [0.05, 0.1) is 30.9 Å². The molecule has 1 atom stereocenters. The van der Waals surface area contributed by atoms with E-state index in [0.717, 1.165) is 19.3 Å². The highest BCUT2D eigenvalue weighted by Gasteiger charge is 2.16. The van der Waals surface area contributed by atoms with Gasteiger partial charge in [-0.1, -0.05) is 6.92 Å². The zero-order chi connectivity index (χ0) is 11.1. The van der Waals surface area contributed by atoms with Crippen molar-refractivity contribution >= 4 is 5.91 Å². The first kappa shape index (κ1) is 11.6. The second-order valence-electron chi connectivity index (χ2n) is 3.56. The highest BCUT2D eigenvalue weighted by Crippen LogP contribution is 2.12. The molecule has 15 heavy (non-hydrogen) atoms. The Morgan fingerprint density at radius 2 is 2.60 bits per heavy atom. The van der Waals surface area contributed by atoms with Crippen LogP contribution in [0.2, 0.25) is 0 Å². The topological polar surface area (TPSA) is 62.1 Å². The molecule has 0 aliphatic carbocycles. The van der Waals surface area contributed by atoms with Crippen molar-refractivity contribution in [2.24, 2.45) is 0 Å². The molecule has 1 aliphatic heterocycles. The van der Waals surface area contributed by atoms with Crippen molar-refractivity contribution in [3.8, 4) is 6.07 Å². The highest BCUT2D eigenvalue weighted by molar-refractivity contribution is 5.93. The van der Waals surface area contributed by atoms with Crippen molar-refractivity contribution in [2.75, 3.05) is 6.61 Å². The lowest BCUT2D eigenvalue weighted by Crippen LogP contribution is -2.35. The maximum Gasteiger partial charge on any atom is 0.250 e. The third-order valence-electron chi connectivity index (χ3n) is 2.39. The summed E-state index contributed by atoms with van der Waals surface area (Å²) in [5.41, 5.74) is 0.678. The molecule has 0 fully saturated rings. The van der Waals surface area contributed by atoms with Gasteiger partial charge in [-0.25, -0.2) is 0 Å². The molecule has 0 unspecified atom stereocenters. The Bertz CT molecular complexity index is 291. The average molecular weight is 208 g/mol. The van der Waals surface area contributed by atoms with Crippen LogP contribution in [0.3, 0.4) is 0 Å². The zero-order valence-corrected chi connectivity index (χ0v) is 8.95. The summed E-state index contributed by atoms with van der Waals surface area (Å²) in [6.07, 6.45) is 4.30. The molecular formula is C11H16N2O2. The van der Waals surface area contributed by atoms with E-state index >= 15 is 0 Å². The van der Waals surface area contributed by atoms with Gasteiger partial charge in [-0.05, 0) is 19.3 Å². The van der Waals surface area contributed by atoms with Crippen molar-refractivity contribution in [3.05, 3.63) is 11.8 Å². The number of amides is 1. The molecule has 4 heteroatoms. The molecule has 0 aromatic rings. The van der Waals surface area contributed by atoms with Crippen LogP contribution in [0.15, 0.2) is 11.8 Å². The van der Waals surface area contributed by atoms with Crippen LogP contribution < -0.4 is 5.32 Å². The Balaban J connectivity index is 2.46. The van der Waals surface area contributed by atoms with Crippen LogP contribution in [0.4, 0.5) is 0 Å². The smallest absolute Gasteiger partial charge is 0.250 e. The number of hydrogen-bond donors (Lipinski definition) is 1. The minimum Gasteiger partial charge on any atom is -0.501 e. The quantitative estimate of drug-likeness (QED) is 0.761. The van der Waals surface area contributed by atoms with Crippen LogP contribution in [0, 0.1) is 11.3 Å². The van der Waals surface area contributed by atoms with Crippen molar-refractivity contribution in [1.82, 2.24) is 5.32 Å². The van der Waals surface area contributed by atoms with E-state index < -0.39 is 0 Å². The summed E-state index contributed by atoms with van der Waals surface area (Å²) >= 11 is 0. The van der Waals surface area contributed by atoms with E-state index in [1.54, 1.807) is 0 Å². The standard InChI is InChI=1S/C11H16N2O2/c1-2-10(5-6-12)13-11(14)9-4-3-7-15-8-9/h8,10H,2-5,7H2,1H3,(H,13,14)/t10-/m0/s1. The minimum atomic E-state index is -0.100. The maximum absolute atomic E-state index is 11.7. The molecule has 4 nitrogen and oxygen atoms in total. The van der Waals surface area contributed by atoms with Gasteiger partial charge in [0.25, 0.3) is 5.91 Å². The summed E-state index contributed by atoms with van der Waals surface area (Å²) in [5.74, 6) is -0.100. The molecule has 1 heterocycles. The summed E-state index contributed by atoms with van der Waals surface area (Å²) in [7, 11) is 0. The molecule has 0 spiro atoms. The maximum atomic E-state index is 11.7. The summed E-state index contributed by atoms with van der Waals surface area (Å²) in [6, 6.07) is 2.01. The van der Waals surface area contributed by atoms with Gasteiger partial charge in [-0.2, -0.15) is 5.26 Å². The summed E-state index contributed by atoms with van der Waals surface area (Å²) in [6.45, 7) is 2.64. The van der Waals surface area contributed by atoms with Crippen molar-refractivity contribution in [1.29, 1.82) is 5.26 Å². The summed E-state index contributed by atoms with van der Waals surface area (Å²) < 4.78 is 5.09. The van der Waals surface area contributed by atoms with Crippen LogP contribution in [0.1, 0.15) is 32.6 Å². The molecule has 0 saturated heterocycles. The predicted octanol–water partition coefficient (Wildman–Crippen LogP) is 1.49. The molecule has 0 bridgehead atoms. The fourth-order valence-corrected chi connectivity index (χ4v) is 1.42. The van der Waals surface area contributed by atoms with Gasteiger partial charge in [0.15, 0.2) is 0 Å². The molecule has 0 saturated carbocycles. The Kier molecular flexibility index (Phi) is 4.69. The first-order chi connectivity index (χ1) is 7.27. The average Bonchev–Trinajstić information content (AvgIpc) is 2.29. The monoisotopic (exact) mass is 208 g/mol. The van der Waals surface area contributed by atoms with E-state index in [1.165, 1.54) is 6.26 Å². The van der Waals surface area contributed by atoms with E-state index in [1.807, 2.05) is 6.92 Å². The predicted molar refractivity (Wildman–Crippen MR) is 55.7 cm³/mol. The molecule has 0 aromatic carbocycles.